The van der Waals surface area contributed by atoms with Crippen molar-refractivity contribution in [3.63, 3.8) is 0 Å². The molecule has 0 saturated carbocycles. The molecule has 0 rings (SSSR count). The van der Waals surface area contributed by atoms with Crippen LogP contribution in [0.25, 0.3) is 0 Å². The van der Waals surface area contributed by atoms with Gasteiger partial charge < -0.3 is 0 Å². The van der Waals surface area contributed by atoms with Gasteiger partial charge in [0.1, 0.15) is 0 Å². The average Bonchev–Trinajstić information content (AvgIpc) is 1.30. The van der Waals surface area contributed by atoms with Crippen molar-refractivity contribution in [3.8, 4) is 0 Å². The van der Waals surface area contributed by atoms with E-state index in [-0.39, 0.29) is 5.54 Å². The van der Waals surface area contributed by atoms with Crippen molar-refractivity contribution in [3.05, 3.63) is 0 Å². The van der Waals surface area contributed by atoms with Crippen molar-refractivity contribution >= 4 is 0 Å². The minimum atomic E-state index is 0.175. The molecular formula is C6H14N. The molecule has 0 aromatic rings. The van der Waals surface area contributed by atoms with Gasteiger partial charge in [-0.2, -0.15) is 0 Å². The van der Waals surface area contributed by atoms with E-state index in [9.17, 15) is 0 Å². The normalized spacial score (nSPS) is 12.0. The van der Waals surface area contributed by atoms with Gasteiger partial charge in [0.15, 0.2) is 0 Å². The second kappa shape index (κ2) is 2.31. The molecule has 0 aliphatic heterocycles. The minimum Gasteiger partial charge on any atom is -0.236 e. The van der Waals surface area contributed by atoms with E-state index in [4.69, 9.17) is 0 Å². The standard InChI is InChI=1S/C6H14N/c1-5-7-6(2,3)4/h5H2,1-4H3. The zero-order valence-electron chi connectivity index (χ0n) is 5.65. The molecule has 1 heteroatoms. The summed E-state index contributed by atoms with van der Waals surface area (Å²) in [5, 5.41) is 4.26. The van der Waals surface area contributed by atoms with Crippen LogP contribution in [0.1, 0.15) is 27.7 Å². The summed E-state index contributed by atoms with van der Waals surface area (Å²) in [6, 6.07) is 0. The Morgan fingerprint density at radius 2 is 1.71 bits per heavy atom. The second-order valence-corrected chi connectivity index (χ2v) is 2.65. The highest BCUT2D eigenvalue weighted by Gasteiger charge is 2.06. The summed E-state index contributed by atoms with van der Waals surface area (Å²) < 4.78 is 0. The van der Waals surface area contributed by atoms with E-state index in [2.05, 4.69) is 33.0 Å². The van der Waals surface area contributed by atoms with Gasteiger partial charge in [0.2, 0.25) is 0 Å². The first-order valence-electron chi connectivity index (χ1n) is 2.75. The topological polar surface area (TPSA) is 14.1 Å². The largest absolute Gasteiger partial charge is 0.236 e. The van der Waals surface area contributed by atoms with Crippen molar-refractivity contribution in [2.45, 2.75) is 33.2 Å². The molecule has 0 heterocycles. The predicted octanol–water partition coefficient (Wildman–Crippen LogP) is 1.41. The SMILES string of the molecule is CC[N]C(C)(C)C. The summed E-state index contributed by atoms with van der Waals surface area (Å²) >= 11 is 0. The van der Waals surface area contributed by atoms with E-state index in [0.717, 1.165) is 6.54 Å². The van der Waals surface area contributed by atoms with E-state index < -0.39 is 0 Å². The molecule has 0 aliphatic rings. The Labute approximate surface area is 46.1 Å². The van der Waals surface area contributed by atoms with Crippen LogP contribution in [-0.2, 0) is 0 Å². The zero-order valence-corrected chi connectivity index (χ0v) is 5.65. The lowest BCUT2D eigenvalue weighted by Crippen LogP contribution is -2.28. The summed E-state index contributed by atoms with van der Waals surface area (Å²) in [5.41, 5.74) is 0.175. The molecular weight excluding hydrogens is 86.1 g/mol. The maximum absolute atomic E-state index is 4.26. The van der Waals surface area contributed by atoms with Crippen LogP contribution in [0.2, 0.25) is 0 Å². The van der Waals surface area contributed by atoms with Crippen LogP contribution < -0.4 is 5.32 Å². The highest BCUT2D eigenvalue weighted by atomic mass is 14.9. The Kier molecular flexibility index (Phi) is 2.30. The van der Waals surface area contributed by atoms with Gasteiger partial charge in [-0.15, -0.1) is 0 Å². The Morgan fingerprint density at radius 1 is 1.29 bits per heavy atom. The zero-order chi connectivity index (χ0) is 5.91. The molecule has 0 atom stereocenters. The number of rotatable bonds is 1. The molecule has 0 fully saturated rings. The van der Waals surface area contributed by atoms with E-state index in [0.29, 0.717) is 0 Å². The Morgan fingerprint density at radius 3 is 1.71 bits per heavy atom. The number of hydrogen-bond donors (Lipinski definition) is 0. The summed E-state index contributed by atoms with van der Waals surface area (Å²) in [4.78, 5) is 0. The Balaban J connectivity index is 3.15. The molecule has 0 bridgehead atoms. The van der Waals surface area contributed by atoms with Crippen molar-refractivity contribution in [1.82, 2.24) is 5.32 Å². The first-order valence-corrected chi connectivity index (χ1v) is 2.75. The average molecular weight is 100 g/mol. The van der Waals surface area contributed by atoms with Gasteiger partial charge in [-0.3, -0.25) is 0 Å². The highest BCUT2D eigenvalue weighted by molar-refractivity contribution is 4.67. The van der Waals surface area contributed by atoms with Crippen LogP contribution in [0.15, 0.2) is 0 Å². The molecule has 0 saturated heterocycles. The first-order chi connectivity index (χ1) is 3.06. The number of nitrogens with zero attached hydrogens (tertiary/aromatic N) is 1. The van der Waals surface area contributed by atoms with E-state index in [1.807, 2.05) is 0 Å². The van der Waals surface area contributed by atoms with Gasteiger partial charge in [0.25, 0.3) is 0 Å². The molecule has 0 aromatic heterocycles. The lowest BCUT2D eigenvalue weighted by atomic mass is 10.1. The van der Waals surface area contributed by atoms with Crippen molar-refractivity contribution in [2.75, 3.05) is 6.54 Å². The minimum absolute atomic E-state index is 0.175. The van der Waals surface area contributed by atoms with Gasteiger partial charge in [-0.25, -0.2) is 5.32 Å². The third-order valence-electron chi connectivity index (χ3n) is 0.632. The van der Waals surface area contributed by atoms with Crippen molar-refractivity contribution in [2.24, 2.45) is 0 Å². The van der Waals surface area contributed by atoms with E-state index in [1.54, 1.807) is 0 Å². The van der Waals surface area contributed by atoms with E-state index >= 15 is 0 Å². The lowest BCUT2D eigenvalue weighted by molar-refractivity contribution is 0.429. The predicted molar refractivity (Wildman–Crippen MR) is 32.4 cm³/mol. The van der Waals surface area contributed by atoms with Crippen LogP contribution in [0, 0.1) is 0 Å². The van der Waals surface area contributed by atoms with Gasteiger partial charge in [0, 0.05) is 12.1 Å². The monoisotopic (exact) mass is 100 g/mol. The van der Waals surface area contributed by atoms with Crippen molar-refractivity contribution in [1.29, 1.82) is 0 Å². The van der Waals surface area contributed by atoms with Crippen molar-refractivity contribution < 1.29 is 0 Å². The molecule has 0 aromatic carbocycles. The van der Waals surface area contributed by atoms with Crippen LogP contribution in [0.5, 0.6) is 0 Å². The third-order valence-corrected chi connectivity index (χ3v) is 0.632. The quantitative estimate of drug-likeness (QED) is 0.473. The second-order valence-electron chi connectivity index (χ2n) is 2.65. The summed E-state index contributed by atoms with van der Waals surface area (Å²) in [5.74, 6) is 0. The molecule has 7 heavy (non-hydrogen) atoms. The maximum atomic E-state index is 4.26. The van der Waals surface area contributed by atoms with Gasteiger partial charge in [0.05, 0.1) is 0 Å². The molecule has 43 valence electrons. The highest BCUT2D eigenvalue weighted by Crippen LogP contribution is 1.98. The fourth-order valence-corrected chi connectivity index (χ4v) is 0.474. The summed E-state index contributed by atoms with van der Waals surface area (Å²) in [7, 11) is 0. The molecule has 0 unspecified atom stereocenters. The fraction of sp³-hybridized carbons (Fsp3) is 1.00. The smallest absolute Gasteiger partial charge is 0.0272 e. The Hall–Kier alpha value is -0.0400. The maximum Gasteiger partial charge on any atom is 0.0272 e. The number of hydrogen-bond acceptors (Lipinski definition) is 0. The first kappa shape index (κ1) is 6.96. The molecule has 0 spiro atoms. The van der Waals surface area contributed by atoms with Crippen LogP contribution >= 0.6 is 0 Å². The van der Waals surface area contributed by atoms with Crippen LogP contribution in [0.4, 0.5) is 0 Å². The lowest BCUT2D eigenvalue weighted by Gasteiger charge is -2.15. The molecule has 1 radical (unpaired) electrons. The van der Waals surface area contributed by atoms with Gasteiger partial charge in [-0.1, -0.05) is 6.92 Å². The molecule has 0 aliphatic carbocycles. The van der Waals surface area contributed by atoms with E-state index in [1.165, 1.54) is 0 Å². The van der Waals surface area contributed by atoms with Gasteiger partial charge in [-0.05, 0) is 20.8 Å². The van der Waals surface area contributed by atoms with Crippen LogP contribution in [-0.4, -0.2) is 12.1 Å². The fourth-order valence-electron chi connectivity index (χ4n) is 0.474. The Bertz CT molecular complexity index is 42.6. The summed E-state index contributed by atoms with van der Waals surface area (Å²) in [6.07, 6.45) is 0. The molecule has 1 nitrogen and oxygen atoms in total. The molecule has 0 N–H and O–H groups in total. The summed E-state index contributed by atoms with van der Waals surface area (Å²) in [6.45, 7) is 9.32. The van der Waals surface area contributed by atoms with Gasteiger partial charge >= 0.3 is 0 Å². The van der Waals surface area contributed by atoms with Crippen LogP contribution in [0.3, 0.4) is 0 Å². The third kappa shape index (κ3) is 5.96. The molecule has 0 amide bonds.